The third-order valence-electron chi connectivity index (χ3n) is 10.8. The van der Waals surface area contributed by atoms with Crippen LogP contribution in [0, 0.1) is 28.6 Å². The molecule has 3 saturated carbocycles. The smallest absolute Gasteiger partial charge is 0.315 e. The molecule has 5 atom stereocenters. The molecule has 4 fully saturated rings. The zero-order chi connectivity index (χ0) is 34.9. The number of hydrogen-bond donors (Lipinski definition) is 4. The number of carbonyl (C=O) groups is 5. The van der Waals surface area contributed by atoms with Gasteiger partial charge >= 0.3 is 6.03 Å². The lowest BCUT2D eigenvalue weighted by Gasteiger charge is -2.40. The Kier molecular flexibility index (Phi) is 10.9. The minimum absolute atomic E-state index is 0.0230. The second kappa shape index (κ2) is 13.9. The van der Waals surface area contributed by atoms with Crippen LogP contribution in [0.2, 0.25) is 0 Å². The lowest BCUT2D eigenvalue weighted by atomic mass is 9.83. The van der Waals surface area contributed by atoms with Crippen molar-refractivity contribution in [2.45, 2.75) is 117 Å². The van der Waals surface area contributed by atoms with E-state index in [0.717, 1.165) is 32.1 Å². The fourth-order valence-electron chi connectivity index (χ4n) is 7.68. The summed E-state index contributed by atoms with van der Waals surface area (Å²) in [5, 5.41) is 11.2. The maximum absolute atomic E-state index is 14.4. The Bertz CT molecular complexity index is 1360. The van der Waals surface area contributed by atoms with Crippen LogP contribution in [0.4, 0.5) is 4.79 Å². The van der Waals surface area contributed by atoms with E-state index in [-0.39, 0.29) is 41.2 Å². The first-order valence-electron chi connectivity index (χ1n) is 17.2. The normalized spacial score (nSPS) is 25.8. The van der Waals surface area contributed by atoms with Crippen LogP contribution in [-0.4, -0.2) is 91.1 Å². The van der Waals surface area contributed by atoms with Gasteiger partial charge in [-0.05, 0) is 47.8 Å². The van der Waals surface area contributed by atoms with Gasteiger partial charge in [-0.1, -0.05) is 79.7 Å². The van der Waals surface area contributed by atoms with Crippen molar-refractivity contribution in [1.29, 1.82) is 0 Å². The molecular weight excluding hydrogens is 622 g/mol. The van der Waals surface area contributed by atoms with Gasteiger partial charge in [0.2, 0.25) is 17.6 Å². The van der Waals surface area contributed by atoms with E-state index in [9.17, 15) is 32.4 Å². The highest BCUT2D eigenvalue weighted by Gasteiger charge is 2.70. The topological polar surface area (TPSA) is 171 Å². The molecule has 47 heavy (non-hydrogen) atoms. The van der Waals surface area contributed by atoms with Gasteiger partial charge in [-0.15, -0.1) is 6.58 Å². The van der Waals surface area contributed by atoms with Crippen LogP contribution in [0.25, 0.3) is 0 Å². The zero-order valence-electron chi connectivity index (χ0n) is 28.9. The Morgan fingerprint density at radius 1 is 1.02 bits per heavy atom. The number of piperidine rings is 1. The van der Waals surface area contributed by atoms with Crippen LogP contribution in [0.15, 0.2) is 12.7 Å². The molecule has 12 nitrogen and oxygen atoms in total. The molecule has 3 aliphatic carbocycles. The van der Waals surface area contributed by atoms with Crippen LogP contribution < -0.4 is 21.3 Å². The van der Waals surface area contributed by atoms with Crippen LogP contribution in [0.3, 0.4) is 0 Å². The number of nitrogens with one attached hydrogen (secondary N) is 4. The standard InChI is InChI=1S/C34H55N5O7S/c1-8-17-35-29(42)26(40)23(18-21-13-14-21)36-28(41)25-24-22(33(24,6)7)19-39(25)30(43)27(32(3,4)5)37-31(44)38-34(15-11-10-12-16-34)20-47(45,46)9-2/h8,21-25,27H,1,9-20H2,2-7H3,(H,35,42)(H,36,41)(H2,37,38,44)/t22-,23?,24-,25-,27+/m0/s1. The van der Waals surface area contributed by atoms with E-state index in [4.69, 9.17) is 0 Å². The average molecular weight is 678 g/mol. The molecule has 0 aromatic carbocycles. The average Bonchev–Trinajstić information content (AvgIpc) is 3.84. The first-order valence-corrected chi connectivity index (χ1v) is 19.0. The fourth-order valence-corrected chi connectivity index (χ4v) is 9.09. The highest BCUT2D eigenvalue weighted by molar-refractivity contribution is 7.91. The second-order valence-electron chi connectivity index (χ2n) is 15.9. The van der Waals surface area contributed by atoms with Gasteiger partial charge in [0, 0.05) is 18.8 Å². The monoisotopic (exact) mass is 677 g/mol. The summed E-state index contributed by atoms with van der Waals surface area (Å²) in [5.41, 5.74) is -1.86. The van der Waals surface area contributed by atoms with E-state index in [1.54, 1.807) is 6.92 Å². The molecule has 5 amide bonds. The van der Waals surface area contributed by atoms with Gasteiger partial charge in [-0.3, -0.25) is 19.2 Å². The van der Waals surface area contributed by atoms with Crippen LogP contribution >= 0.6 is 0 Å². The number of hydrogen-bond acceptors (Lipinski definition) is 7. The molecule has 0 aromatic rings. The molecule has 1 saturated heterocycles. The number of fused-ring (bicyclic) bond motifs is 1. The van der Waals surface area contributed by atoms with Gasteiger partial charge in [0.1, 0.15) is 12.1 Å². The van der Waals surface area contributed by atoms with Gasteiger partial charge in [-0.2, -0.15) is 0 Å². The van der Waals surface area contributed by atoms with E-state index in [1.165, 1.54) is 11.0 Å². The number of amides is 5. The van der Waals surface area contributed by atoms with Gasteiger partial charge in [-0.25, -0.2) is 13.2 Å². The third kappa shape index (κ3) is 8.56. The number of nitrogens with zero attached hydrogens (tertiary/aromatic N) is 1. The lowest BCUT2D eigenvalue weighted by molar-refractivity contribution is -0.145. The molecule has 0 aromatic heterocycles. The summed E-state index contributed by atoms with van der Waals surface area (Å²) >= 11 is 0. The molecular formula is C34H55N5O7S. The van der Waals surface area contributed by atoms with Crippen molar-refractivity contribution in [2.24, 2.45) is 28.6 Å². The summed E-state index contributed by atoms with van der Waals surface area (Å²) in [6.45, 7) is 15.2. The fraction of sp³-hybridized carbons (Fsp3) is 0.794. The first-order chi connectivity index (χ1) is 21.9. The number of carbonyl (C=O) groups excluding carboxylic acids is 5. The summed E-state index contributed by atoms with van der Waals surface area (Å²) < 4.78 is 25.3. The number of sulfone groups is 1. The first kappa shape index (κ1) is 36.9. The quantitative estimate of drug-likeness (QED) is 0.162. The van der Waals surface area contributed by atoms with Crippen molar-refractivity contribution in [3.63, 3.8) is 0 Å². The van der Waals surface area contributed by atoms with E-state index < -0.39 is 68.5 Å². The van der Waals surface area contributed by atoms with E-state index >= 15 is 0 Å². The van der Waals surface area contributed by atoms with Crippen LogP contribution in [-0.2, 0) is 29.0 Å². The van der Waals surface area contributed by atoms with Gasteiger partial charge in [0.05, 0.1) is 17.3 Å². The summed E-state index contributed by atoms with van der Waals surface area (Å²) in [6.07, 6.45) is 7.29. The van der Waals surface area contributed by atoms with Crippen molar-refractivity contribution >= 4 is 39.4 Å². The number of rotatable bonds is 14. The number of ketones is 1. The summed E-state index contributed by atoms with van der Waals surface area (Å²) in [7, 11) is -3.38. The van der Waals surface area contributed by atoms with Crippen LogP contribution in [0.1, 0.15) is 92.9 Å². The molecule has 0 spiro atoms. The predicted molar refractivity (Wildman–Crippen MR) is 179 cm³/mol. The summed E-state index contributed by atoms with van der Waals surface area (Å²) in [6, 6.07) is -3.51. The molecule has 1 aliphatic heterocycles. The Labute approximate surface area is 279 Å². The predicted octanol–water partition coefficient (Wildman–Crippen LogP) is 2.48. The molecule has 0 bridgehead atoms. The highest BCUT2D eigenvalue weighted by Crippen LogP contribution is 2.65. The number of urea groups is 1. The molecule has 1 heterocycles. The molecule has 264 valence electrons. The minimum Gasteiger partial charge on any atom is -0.346 e. The van der Waals surface area contributed by atoms with E-state index in [1.807, 2.05) is 20.8 Å². The van der Waals surface area contributed by atoms with Gasteiger partial charge < -0.3 is 26.2 Å². The Morgan fingerprint density at radius 2 is 1.66 bits per heavy atom. The second-order valence-corrected chi connectivity index (χ2v) is 18.3. The third-order valence-corrected chi connectivity index (χ3v) is 12.7. The lowest BCUT2D eigenvalue weighted by Crippen LogP contribution is -2.64. The summed E-state index contributed by atoms with van der Waals surface area (Å²) in [4.78, 5) is 69.2. The van der Waals surface area contributed by atoms with Crippen LogP contribution in [0.5, 0.6) is 0 Å². The number of Topliss-reactive ketones (excluding diaryl/α,β-unsaturated/α-hetero) is 1. The Hall–Kier alpha value is -2.96. The largest absolute Gasteiger partial charge is 0.346 e. The molecule has 13 heteroatoms. The van der Waals surface area contributed by atoms with Gasteiger partial charge in [0.25, 0.3) is 5.91 Å². The Morgan fingerprint density at radius 3 is 2.21 bits per heavy atom. The molecule has 4 rings (SSSR count). The number of likely N-dealkylation sites (tertiary alicyclic amines) is 1. The summed E-state index contributed by atoms with van der Waals surface area (Å²) in [5.74, 6) is -2.41. The molecule has 4 N–H and O–H groups in total. The van der Waals surface area contributed by atoms with Crippen molar-refractivity contribution in [3.05, 3.63) is 12.7 Å². The van der Waals surface area contributed by atoms with Crippen molar-refractivity contribution in [3.8, 4) is 0 Å². The minimum atomic E-state index is -3.38. The Balaban J connectivity index is 1.54. The van der Waals surface area contributed by atoms with Crippen molar-refractivity contribution in [1.82, 2.24) is 26.2 Å². The molecule has 4 aliphatic rings. The van der Waals surface area contributed by atoms with E-state index in [0.29, 0.717) is 25.8 Å². The molecule has 0 radical (unpaired) electrons. The van der Waals surface area contributed by atoms with Crippen molar-refractivity contribution in [2.75, 3.05) is 24.6 Å². The maximum atomic E-state index is 14.4. The molecule has 1 unspecified atom stereocenters. The van der Waals surface area contributed by atoms with Crippen molar-refractivity contribution < 1.29 is 32.4 Å². The van der Waals surface area contributed by atoms with Gasteiger partial charge in [0.15, 0.2) is 9.84 Å². The van der Waals surface area contributed by atoms with E-state index in [2.05, 4.69) is 41.7 Å². The zero-order valence-corrected chi connectivity index (χ0v) is 29.8. The SMILES string of the molecule is C=CCNC(=O)C(=O)C(CC1CC1)NC(=O)[C@@H]1[C@@H]2[C@H](CN1C(=O)[C@@H](NC(=O)NC1(CS(=O)(=O)CC)CCCCC1)C(C)(C)C)C2(C)C. The highest BCUT2D eigenvalue weighted by atomic mass is 32.2. The maximum Gasteiger partial charge on any atom is 0.315 e.